The van der Waals surface area contributed by atoms with Crippen LogP contribution in [-0.2, 0) is 17.6 Å². The smallest absolute Gasteiger partial charge is 0.129 e. The quantitative estimate of drug-likeness (QED) is 0.734. The second-order valence-corrected chi connectivity index (χ2v) is 6.10. The highest BCUT2D eigenvalue weighted by molar-refractivity contribution is 6.31. The van der Waals surface area contributed by atoms with Gasteiger partial charge in [-0.2, -0.15) is 0 Å². The zero-order valence-electron chi connectivity index (χ0n) is 12.0. The van der Waals surface area contributed by atoms with Crippen molar-refractivity contribution in [2.24, 2.45) is 0 Å². The van der Waals surface area contributed by atoms with Crippen LogP contribution >= 0.6 is 11.6 Å². The van der Waals surface area contributed by atoms with Crippen LogP contribution in [0.3, 0.4) is 0 Å². The normalized spacial score (nSPS) is 15.9. The van der Waals surface area contributed by atoms with Crippen LogP contribution in [0, 0.1) is 0 Å². The molecule has 1 atom stereocenters. The van der Waals surface area contributed by atoms with E-state index in [-0.39, 0.29) is 5.78 Å². The number of hydrogen-bond donors (Lipinski definition) is 0. The molecule has 1 aromatic carbocycles. The molecule has 0 radical (unpaired) electrons. The Morgan fingerprint density at radius 3 is 2.47 bits per heavy atom. The minimum absolute atomic E-state index is 0.271. The Hall–Kier alpha value is -0.820. The van der Waals surface area contributed by atoms with Gasteiger partial charge in [0.05, 0.1) is 0 Å². The lowest BCUT2D eigenvalue weighted by molar-refractivity contribution is -0.117. The first-order valence-corrected chi connectivity index (χ1v) is 7.80. The van der Waals surface area contributed by atoms with E-state index in [4.69, 9.17) is 11.6 Å². The van der Waals surface area contributed by atoms with Crippen molar-refractivity contribution < 1.29 is 4.79 Å². The number of benzene rings is 1. The zero-order valence-corrected chi connectivity index (χ0v) is 12.7. The summed E-state index contributed by atoms with van der Waals surface area (Å²) in [6.07, 6.45) is 7.55. The van der Waals surface area contributed by atoms with Gasteiger partial charge >= 0.3 is 0 Å². The maximum Gasteiger partial charge on any atom is 0.129 e. The Kier molecular flexibility index (Phi) is 5.04. The average molecular weight is 279 g/mol. The van der Waals surface area contributed by atoms with Crippen LogP contribution < -0.4 is 0 Å². The minimum Gasteiger partial charge on any atom is -0.300 e. The van der Waals surface area contributed by atoms with E-state index >= 15 is 0 Å². The van der Waals surface area contributed by atoms with E-state index < -0.39 is 0 Å². The van der Waals surface area contributed by atoms with E-state index in [0.29, 0.717) is 12.3 Å². The van der Waals surface area contributed by atoms with Crippen LogP contribution in [0.5, 0.6) is 0 Å². The van der Waals surface area contributed by atoms with Crippen molar-refractivity contribution in [3.05, 3.63) is 33.8 Å². The number of hydrogen-bond acceptors (Lipinski definition) is 1. The topological polar surface area (TPSA) is 17.1 Å². The largest absolute Gasteiger partial charge is 0.300 e. The SMILES string of the molecule is CCC(CCC(C)=O)c1cc2c(cc1Cl)CCCC2. The monoisotopic (exact) mass is 278 g/mol. The van der Waals surface area contributed by atoms with Gasteiger partial charge in [0, 0.05) is 11.4 Å². The van der Waals surface area contributed by atoms with E-state index in [1.165, 1.54) is 42.4 Å². The lowest BCUT2D eigenvalue weighted by Crippen LogP contribution is -2.07. The summed E-state index contributed by atoms with van der Waals surface area (Å²) in [5.74, 6) is 0.691. The number of Topliss-reactive ketones (excluding diaryl/α,β-unsaturated/α-hetero) is 1. The highest BCUT2D eigenvalue weighted by atomic mass is 35.5. The maximum atomic E-state index is 11.2. The third-order valence-electron chi connectivity index (χ3n) is 4.24. The lowest BCUT2D eigenvalue weighted by Gasteiger charge is -2.22. The van der Waals surface area contributed by atoms with Crippen LogP contribution in [0.1, 0.15) is 68.6 Å². The van der Waals surface area contributed by atoms with Gasteiger partial charge in [0.2, 0.25) is 0 Å². The third-order valence-corrected chi connectivity index (χ3v) is 4.57. The summed E-state index contributed by atoms with van der Waals surface area (Å²) >= 11 is 6.47. The first-order valence-electron chi connectivity index (χ1n) is 7.42. The molecule has 0 aliphatic heterocycles. The molecule has 1 aliphatic rings. The van der Waals surface area contributed by atoms with E-state index in [2.05, 4.69) is 19.1 Å². The summed E-state index contributed by atoms with van der Waals surface area (Å²) in [5.41, 5.74) is 4.17. The Balaban J connectivity index is 2.24. The molecule has 104 valence electrons. The fourth-order valence-electron chi connectivity index (χ4n) is 3.04. The molecule has 0 saturated heterocycles. The fraction of sp³-hybridized carbons (Fsp3) is 0.588. The second kappa shape index (κ2) is 6.56. The van der Waals surface area contributed by atoms with Crippen molar-refractivity contribution in [3.63, 3.8) is 0 Å². The van der Waals surface area contributed by atoms with Crippen LogP contribution in [-0.4, -0.2) is 5.78 Å². The van der Waals surface area contributed by atoms with Gasteiger partial charge < -0.3 is 4.79 Å². The van der Waals surface area contributed by atoms with Crippen LogP contribution in [0.2, 0.25) is 5.02 Å². The van der Waals surface area contributed by atoms with Gasteiger partial charge in [0.25, 0.3) is 0 Å². The molecule has 0 amide bonds. The molecule has 0 saturated carbocycles. The van der Waals surface area contributed by atoms with Gasteiger partial charge in [0.15, 0.2) is 0 Å². The van der Waals surface area contributed by atoms with Crippen molar-refractivity contribution in [2.75, 3.05) is 0 Å². The second-order valence-electron chi connectivity index (χ2n) is 5.70. The van der Waals surface area contributed by atoms with Crippen molar-refractivity contribution >= 4 is 17.4 Å². The van der Waals surface area contributed by atoms with Crippen LogP contribution in [0.15, 0.2) is 12.1 Å². The third kappa shape index (κ3) is 3.60. The highest BCUT2D eigenvalue weighted by Gasteiger charge is 2.18. The molecule has 0 heterocycles. The van der Waals surface area contributed by atoms with E-state index in [9.17, 15) is 4.79 Å². The molecule has 0 spiro atoms. The summed E-state index contributed by atoms with van der Waals surface area (Å²) in [5, 5.41) is 0.899. The van der Waals surface area contributed by atoms with Crippen molar-refractivity contribution in [2.45, 2.75) is 64.7 Å². The first kappa shape index (κ1) is 14.6. The Bertz CT molecular complexity index is 465. The molecule has 19 heavy (non-hydrogen) atoms. The highest BCUT2D eigenvalue weighted by Crippen LogP contribution is 2.35. The number of rotatable bonds is 5. The standard InChI is InChI=1S/C17H23ClO/c1-3-13(9-8-12(2)19)16-10-14-6-4-5-7-15(14)11-17(16)18/h10-11,13H,3-9H2,1-2H3. The van der Waals surface area contributed by atoms with Crippen molar-refractivity contribution in [1.82, 2.24) is 0 Å². The molecule has 0 aromatic heterocycles. The van der Waals surface area contributed by atoms with E-state index in [0.717, 1.165) is 17.9 Å². The summed E-state index contributed by atoms with van der Waals surface area (Å²) in [6.45, 7) is 3.85. The van der Waals surface area contributed by atoms with E-state index in [1.807, 2.05) is 0 Å². The molecule has 2 heteroatoms. The number of fused-ring (bicyclic) bond motifs is 1. The number of ketones is 1. The molecule has 2 rings (SSSR count). The molecular weight excluding hydrogens is 256 g/mol. The summed E-state index contributed by atoms with van der Waals surface area (Å²) < 4.78 is 0. The lowest BCUT2D eigenvalue weighted by atomic mass is 9.85. The maximum absolute atomic E-state index is 11.2. The molecule has 1 aromatic rings. The average Bonchev–Trinajstić information content (AvgIpc) is 2.39. The first-order chi connectivity index (χ1) is 9.11. The molecule has 0 bridgehead atoms. The van der Waals surface area contributed by atoms with E-state index in [1.54, 1.807) is 6.92 Å². The van der Waals surface area contributed by atoms with Crippen LogP contribution in [0.4, 0.5) is 0 Å². The molecule has 0 N–H and O–H groups in total. The van der Waals surface area contributed by atoms with Gasteiger partial charge in [0.1, 0.15) is 5.78 Å². The number of carbonyl (C=O) groups excluding carboxylic acids is 1. The van der Waals surface area contributed by atoms with Gasteiger partial charge in [-0.3, -0.25) is 0 Å². The van der Waals surface area contributed by atoms with Gasteiger partial charge in [-0.25, -0.2) is 0 Å². The summed E-state index contributed by atoms with van der Waals surface area (Å²) in [6, 6.07) is 4.48. The van der Waals surface area contributed by atoms with Crippen LogP contribution in [0.25, 0.3) is 0 Å². The number of aryl methyl sites for hydroxylation is 2. The van der Waals surface area contributed by atoms with Gasteiger partial charge in [-0.15, -0.1) is 0 Å². The predicted molar refractivity (Wildman–Crippen MR) is 81.0 cm³/mol. The summed E-state index contributed by atoms with van der Waals surface area (Å²) in [7, 11) is 0. The van der Waals surface area contributed by atoms with Gasteiger partial charge in [-0.05, 0) is 74.1 Å². The Labute approximate surface area is 121 Å². The van der Waals surface area contributed by atoms with Crippen molar-refractivity contribution in [3.8, 4) is 0 Å². The molecular formula is C17H23ClO. The number of carbonyl (C=O) groups is 1. The number of halogens is 1. The zero-order chi connectivity index (χ0) is 13.8. The fourth-order valence-corrected chi connectivity index (χ4v) is 3.39. The molecule has 0 fully saturated rings. The Morgan fingerprint density at radius 1 is 1.26 bits per heavy atom. The van der Waals surface area contributed by atoms with Gasteiger partial charge in [-0.1, -0.05) is 24.6 Å². The summed E-state index contributed by atoms with van der Waals surface area (Å²) in [4.78, 5) is 11.2. The molecule has 1 unspecified atom stereocenters. The Morgan fingerprint density at radius 2 is 1.89 bits per heavy atom. The molecule has 1 nitrogen and oxygen atoms in total. The minimum atomic E-state index is 0.271. The van der Waals surface area contributed by atoms with Crippen molar-refractivity contribution in [1.29, 1.82) is 0 Å². The predicted octanol–water partition coefficient (Wildman–Crippen LogP) is 5.08. The molecule has 1 aliphatic carbocycles.